The summed E-state index contributed by atoms with van der Waals surface area (Å²) in [6, 6.07) is 12.6. The molecular formula is C21H22FN5O2. The van der Waals surface area contributed by atoms with Crippen LogP contribution in [0.2, 0.25) is 0 Å². The van der Waals surface area contributed by atoms with E-state index >= 15 is 0 Å². The highest BCUT2D eigenvalue weighted by Crippen LogP contribution is 2.20. The molecule has 1 atom stereocenters. The highest BCUT2D eigenvalue weighted by molar-refractivity contribution is 5.94. The topological polar surface area (TPSA) is 88.1 Å². The van der Waals surface area contributed by atoms with Gasteiger partial charge in [0.05, 0.1) is 18.4 Å². The quantitative estimate of drug-likeness (QED) is 0.573. The SMILES string of the molecule is C[C@H](Cn1ccnc1)NC(=O)Nc1ccc(F)c(NC(=O)Cc2ccccc2)c1. The minimum atomic E-state index is -0.578. The Hall–Kier alpha value is -3.68. The van der Waals surface area contributed by atoms with Crippen LogP contribution in [0.1, 0.15) is 12.5 Å². The number of benzene rings is 2. The molecule has 150 valence electrons. The highest BCUT2D eigenvalue weighted by atomic mass is 19.1. The van der Waals surface area contributed by atoms with Gasteiger partial charge in [0.25, 0.3) is 0 Å². The number of nitrogens with one attached hydrogen (secondary N) is 3. The van der Waals surface area contributed by atoms with E-state index in [0.29, 0.717) is 12.2 Å². The lowest BCUT2D eigenvalue weighted by atomic mass is 10.1. The van der Waals surface area contributed by atoms with Gasteiger partial charge >= 0.3 is 6.03 Å². The zero-order chi connectivity index (χ0) is 20.6. The van der Waals surface area contributed by atoms with Gasteiger partial charge in [-0.25, -0.2) is 14.2 Å². The van der Waals surface area contributed by atoms with Crippen LogP contribution in [-0.4, -0.2) is 27.5 Å². The van der Waals surface area contributed by atoms with Crippen molar-refractivity contribution in [3.8, 4) is 0 Å². The van der Waals surface area contributed by atoms with Crippen LogP contribution in [0.15, 0.2) is 67.3 Å². The van der Waals surface area contributed by atoms with Crippen LogP contribution in [0.5, 0.6) is 0 Å². The molecule has 7 nitrogen and oxygen atoms in total. The number of rotatable bonds is 7. The first-order chi connectivity index (χ1) is 14.0. The lowest BCUT2D eigenvalue weighted by Gasteiger charge is -2.15. The van der Waals surface area contributed by atoms with Gasteiger partial charge < -0.3 is 20.5 Å². The van der Waals surface area contributed by atoms with Crippen molar-refractivity contribution in [2.24, 2.45) is 0 Å². The van der Waals surface area contributed by atoms with E-state index in [-0.39, 0.29) is 24.1 Å². The lowest BCUT2D eigenvalue weighted by Crippen LogP contribution is -2.38. The number of halogens is 1. The molecule has 0 unspecified atom stereocenters. The predicted octanol–water partition coefficient (Wildman–Crippen LogP) is 3.41. The summed E-state index contributed by atoms with van der Waals surface area (Å²) in [5.41, 5.74) is 1.20. The maximum atomic E-state index is 14.1. The van der Waals surface area contributed by atoms with Gasteiger partial charge in [-0.05, 0) is 30.7 Å². The van der Waals surface area contributed by atoms with Crippen molar-refractivity contribution in [3.05, 3.63) is 78.6 Å². The van der Waals surface area contributed by atoms with Gasteiger partial charge in [0, 0.05) is 30.7 Å². The fraction of sp³-hybridized carbons (Fsp3) is 0.190. The predicted molar refractivity (Wildman–Crippen MR) is 109 cm³/mol. The first kappa shape index (κ1) is 20.1. The average molecular weight is 395 g/mol. The first-order valence-electron chi connectivity index (χ1n) is 9.16. The van der Waals surface area contributed by atoms with E-state index in [4.69, 9.17) is 0 Å². The second-order valence-corrected chi connectivity index (χ2v) is 6.66. The molecule has 8 heteroatoms. The second-order valence-electron chi connectivity index (χ2n) is 6.66. The van der Waals surface area contributed by atoms with E-state index in [2.05, 4.69) is 20.9 Å². The molecule has 0 aliphatic carbocycles. The minimum absolute atomic E-state index is 0.00944. The summed E-state index contributed by atoms with van der Waals surface area (Å²) in [4.78, 5) is 28.3. The Balaban J connectivity index is 1.56. The van der Waals surface area contributed by atoms with Crippen molar-refractivity contribution in [3.63, 3.8) is 0 Å². The van der Waals surface area contributed by atoms with Crippen molar-refractivity contribution in [1.29, 1.82) is 0 Å². The molecule has 0 aliphatic heterocycles. The fourth-order valence-corrected chi connectivity index (χ4v) is 2.82. The average Bonchev–Trinajstić information content (AvgIpc) is 3.18. The number of aromatic nitrogens is 2. The lowest BCUT2D eigenvalue weighted by molar-refractivity contribution is -0.115. The van der Waals surface area contributed by atoms with Crippen molar-refractivity contribution in [2.75, 3.05) is 10.6 Å². The van der Waals surface area contributed by atoms with E-state index in [1.807, 2.05) is 41.8 Å². The smallest absolute Gasteiger partial charge is 0.319 e. The molecule has 3 aromatic rings. The van der Waals surface area contributed by atoms with Crippen LogP contribution < -0.4 is 16.0 Å². The molecule has 29 heavy (non-hydrogen) atoms. The van der Waals surface area contributed by atoms with Crippen LogP contribution in [0.3, 0.4) is 0 Å². The van der Waals surface area contributed by atoms with Crippen molar-refractivity contribution < 1.29 is 14.0 Å². The van der Waals surface area contributed by atoms with Crippen molar-refractivity contribution in [1.82, 2.24) is 14.9 Å². The molecule has 0 saturated carbocycles. The van der Waals surface area contributed by atoms with Gasteiger partial charge in [-0.1, -0.05) is 30.3 Å². The summed E-state index contributed by atoms with van der Waals surface area (Å²) >= 11 is 0. The number of nitrogens with zero attached hydrogens (tertiary/aromatic N) is 2. The fourth-order valence-electron chi connectivity index (χ4n) is 2.82. The molecule has 0 spiro atoms. The maximum Gasteiger partial charge on any atom is 0.319 e. The summed E-state index contributed by atoms with van der Waals surface area (Å²) in [5.74, 6) is -0.920. The van der Waals surface area contributed by atoms with E-state index in [1.165, 1.54) is 18.2 Å². The van der Waals surface area contributed by atoms with Crippen LogP contribution in [-0.2, 0) is 17.8 Å². The summed E-state index contributed by atoms with van der Waals surface area (Å²) in [6.07, 6.45) is 5.27. The minimum Gasteiger partial charge on any atom is -0.335 e. The van der Waals surface area contributed by atoms with Crippen LogP contribution in [0.25, 0.3) is 0 Å². The second kappa shape index (κ2) is 9.50. The zero-order valence-corrected chi connectivity index (χ0v) is 15.9. The van der Waals surface area contributed by atoms with E-state index < -0.39 is 11.8 Å². The van der Waals surface area contributed by atoms with E-state index in [0.717, 1.165) is 5.56 Å². The summed E-state index contributed by atoms with van der Waals surface area (Å²) in [7, 11) is 0. The highest BCUT2D eigenvalue weighted by Gasteiger charge is 2.12. The third kappa shape index (κ3) is 6.17. The van der Waals surface area contributed by atoms with E-state index in [1.54, 1.807) is 18.7 Å². The molecule has 0 fully saturated rings. The Kier molecular flexibility index (Phi) is 6.57. The monoisotopic (exact) mass is 395 g/mol. The molecule has 3 amide bonds. The van der Waals surface area contributed by atoms with Gasteiger partial charge in [0.1, 0.15) is 5.82 Å². The molecular weight excluding hydrogens is 373 g/mol. The number of hydrogen-bond donors (Lipinski definition) is 3. The number of hydrogen-bond acceptors (Lipinski definition) is 3. The number of imidazole rings is 1. The molecule has 1 aromatic heterocycles. The van der Waals surface area contributed by atoms with Gasteiger partial charge in [0.2, 0.25) is 5.91 Å². The van der Waals surface area contributed by atoms with Crippen LogP contribution in [0, 0.1) is 5.82 Å². The van der Waals surface area contributed by atoms with Crippen LogP contribution >= 0.6 is 0 Å². The number of carbonyl (C=O) groups is 2. The number of carbonyl (C=O) groups excluding carboxylic acids is 2. The van der Waals surface area contributed by atoms with Crippen LogP contribution in [0.4, 0.5) is 20.6 Å². The van der Waals surface area contributed by atoms with Crippen molar-refractivity contribution >= 4 is 23.3 Å². The Morgan fingerprint density at radius 1 is 1.14 bits per heavy atom. The summed E-state index contributed by atoms with van der Waals surface area (Å²) in [6.45, 7) is 2.43. The van der Waals surface area contributed by atoms with Gasteiger partial charge in [0.15, 0.2) is 0 Å². The van der Waals surface area contributed by atoms with Gasteiger partial charge in [-0.3, -0.25) is 4.79 Å². The molecule has 3 N–H and O–H groups in total. The van der Waals surface area contributed by atoms with Gasteiger partial charge in [-0.15, -0.1) is 0 Å². The maximum absolute atomic E-state index is 14.1. The standard InChI is InChI=1S/C21H22FN5O2/c1-15(13-27-10-9-23-14-27)24-21(29)25-17-7-8-18(22)19(12-17)26-20(28)11-16-5-3-2-4-6-16/h2-10,12,14-15H,11,13H2,1H3,(H,26,28)(H2,24,25,29)/t15-/m1/s1. The molecule has 0 radical (unpaired) electrons. The van der Waals surface area contributed by atoms with E-state index in [9.17, 15) is 14.0 Å². The third-order valence-electron chi connectivity index (χ3n) is 4.13. The molecule has 1 heterocycles. The normalized spacial score (nSPS) is 11.5. The first-order valence-corrected chi connectivity index (χ1v) is 9.16. The number of anilines is 2. The molecule has 0 bridgehead atoms. The Labute approximate surface area is 168 Å². The molecule has 3 rings (SSSR count). The molecule has 0 saturated heterocycles. The Bertz CT molecular complexity index is 960. The summed E-state index contributed by atoms with van der Waals surface area (Å²) < 4.78 is 15.9. The third-order valence-corrected chi connectivity index (χ3v) is 4.13. The molecule has 2 aromatic carbocycles. The van der Waals surface area contributed by atoms with Crippen molar-refractivity contribution in [2.45, 2.75) is 25.9 Å². The summed E-state index contributed by atoms with van der Waals surface area (Å²) in [5, 5.41) is 7.99. The number of amides is 3. The number of urea groups is 1. The Morgan fingerprint density at radius 2 is 1.93 bits per heavy atom. The van der Waals surface area contributed by atoms with Gasteiger partial charge in [-0.2, -0.15) is 0 Å². The molecule has 0 aliphatic rings. The largest absolute Gasteiger partial charge is 0.335 e. The zero-order valence-electron chi connectivity index (χ0n) is 15.9. The Morgan fingerprint density at radius 3 is 2.66 bits per heavy atom.